The summed E-state index contributed by atoms with van der Waals surface area (Å²) in [4.78, 5) is 10.8. The molecule has 2 unspecified atom stereocenters. The van der Waals surface area contributed by atoms with Gasteiger partial charge in [0.05, 0.1) is 0 Å². The van der Waals surface area contributed by atoms with E-state index in [1.165, 1.54) is 149 Å². The third-order valence-electron chi connectivity index (χ3n) is 7.05. The van der Waals surface area contributed by atoms with E-state index < -0.39 is 0 Å². The van der Waals surface area contributed by atoms with Crippen LogP contribution in [0.5, 0.6) is 0 Å². The smallest absolute Gasteiger partial charge is 0.0110 e. The average molecular weight is 409 g/mol. The number of hydrogen-bond donors (Lipinski definition) is 0. The van der Waals surface area contributed by atoms with E-state index in [2.05, 4.69) is 33.6 Å². The first-order valence-electron chi connectivity index (χ1n) is 13.1. The summed E-state index contributed by atoms with van der Waals surface area (Å²) in [6, 6.07) is 0. The minimum absolute atomic E-state index is 1.24. The number of unbranched alkanes of at least 4 members (excludes halogenated alkanes) is 9. The van der Waals surface area contributed by atoms with Crippen molar-refractivity contribution in [3.05, 3.63) is 0 Å². The fourth-order valence-electron chi connectivity index (χ4n) is 4.90. The third-order valence-corrected chi connectivity index (χ3v) is 7.05. The quantitative estimate of drug-likeness (QED) is 0.465. The van der Waals surface area contributed by atoms with Crippen molar-refractivity contribution < 1.29 is 0 Å². The van der Waals surface area contributed by atoms with Crippen LogP contribution in [0, 0.1) is 0 Å². The maximum absolute atomic E-state index is 2.78. The first-order chi connectivity index (χ1) is 14.3. The Bertz CT molecular complexity index is 376. The van der Waals surface area contributed by atoms with Gasteiger partial charge in [0.1, 0.15) is 0 Å². The summed E-state index contributed by atoms with van der Waals surface area (Å²) in [5, 5.41) is 0. The largest absolute Gasteiger partial charge is 0.305 e. The maximum Gasteiger partial charge on any atom is 0.0110 e. The molecule has 0 spiro atoms. The second kappa shape index (κ2) is 16.5. The molecule has 0 N–H and O–H groups in total. The van der Waals surface area contributed by atoms with E-state index in [1.54, 1.807) is 0 Å². The van der Waals surface area contributed by atoms with Gasteiger partial charge in [0.2, 0.25) is 0 Å². The zero-order valence-corrected chi connectivity index (χ0v) is 20.1. The molecule has 29 heavy (non-hydrogen) atoms. The summed E-state index contributed by atoms with van der Waals surface area (Å²) in [5.41, 5.74) is 0. The van der Waals surface area contributed by atoms with Crippen molar-refractivity contribution in [3.63, 3.8) is 0 Å². The second-order valence-electron chi connectivity index (χ2n) is 9.72. The highest BCUT2D eigenvalue weighted by molar-refractivity contribution is 4.73. The highest BCUT2D eigenvalue weighted by Crippen LogP contribution is 2.11. The lowest BCUT2D eigenvalue weighted by Crippen LogP contribution is -2.46. The van der Waals surface area contributed by atoms with Gasteiger partial charge in [-0.15, -0.1) is 0 Å². The van der Waals surface area contributed by atoms with Crippen LogP contribution in [0.4, 0.5) is 0 Å². The molecule has 172 valence electrons. The van der Waals surface area contributed by atoms with Gasteiger partial charge in [0.25, 0.3) is 0 Å². The molecule has 0 radical (unpaired) electrons. The highest BCUT2D eigenvalue weighted by Gasteiger charge is 2.16. The van der Waals surface area contributed by atoms with Crippen molar-refractivity contribution in [2.75, 3.05) is 79.0 Å². The van der Waals surface area contributed by atoms with E-state index in [1.807, 2.05) is 0 Å². The molecule has 0 saturated carbocycles. The summed E-state index contributed by atoms with van der Waals surface area (Å²) in [6.07, 6.45) is 17.1. The fourth-order valence-corrected chi connectivity index (χ4v) is 4.90. The van der Waals surface area contributed by atoms with E-state index in [0.29, 0.717) is 0 Å². The lowest BCUT2D eigenvalue weighted by molar-refractivity contribution is 0.126. The lowest BCUT2D eigenvalue weighted by Gasteiger charge is -2.35. The van der Waals surface area contributed by atoms with Crippen LogP contribution in [0.1, 0.15) is 84.0 Å². The van der Waals surface area contributed by atoms with Gasteiger partial charge in [-0.3, -0.25) is 0 Å². The molecule has 4 heteroatoms. The van der Waals surface area contributed by atoms with Crippen LogP contribution in [0.2, 0.25) is 0 Å². The topological polar surface area (TPSA) is 13.0 Å². The maximum atomic E-state index is 2.78. The number of hydrogen-bond acceptors (Lipinski definition) is 4. The minimum atomic E-state index is 1.24. The number of likely N-dealkylation sites (N-methyl/N-ethyl adjacent to an activating group) is 1. The first kappa shape index (κ1) is 25.1. The van der Waals surface area contributed by atoms with Gasteiger partial charge in [-0.05, 0) is 59.0 Å². The summed E-state index contributed by atoms with van der Waals surface area (Å²) >= 11 is 0. The van der Waals surface area contributed by atoms with Crippen LogP contribution in [0.3, 0.4) is 0 Å². The Hall–Kier alpha value is -0.160. The second-order valence-corrected chi connectivity index (χ2v) is 9.72. The summed E-state index contributed by atoms with van der Waals surface area (Å²) < 4.78 is 0. The number of nitrogens with zero attached hydrogens (tertiary/aromatic N) is 4. The predicted octanol–water partition coefficient (Wildman–Crippen LogP) is 4.55. The zero-order chi connectivity index (χ0) is 20.6. The van der Waals surface area contributed by atoms with Crippen molar-refractivity contribution in [1.29, 1.82) is 0 Å². The summed E-state index contributed by atoms with van der Waals surface area (Å²) in [5.74, 6) is 0. The first-order valence-corrected chi connectivity index (χ1v) is 13.1. The van der Waals surface area contributed by atoms with Crippen molar-refractivity contribution in [1.82, 2.24) is 19.6 Å². The zero-order valence-electron chi connectivity index (χ0n) is 20.1. The standard InChI is InChI=1S/C25H52N4/c1-3-4-5-6-7-8-9-10-11-12-16-27-18-14-19-28-21-20-26(2)15-13-17-29(23-22-27)25-24-28/h3-25H2,1-2H3. The Kier molecular flexibility index (Phi) is 14.3. The van der Waals surface area contributed by atoms with Gasteiger partial charge in [0, 0.05) is 39.3 Å². The molecular weight excluding hydrogens is 356 g/mol. The Labute approximate surface area is 183 Å². The molecule has 2 bridgehead atoms. The Morgan fingerprint density at radius 1 is 0.483 bits per heavy atom. The van der Waals surface area contributed by atoms with Crippen molar-refractivity contribution in [2.24, 2.45) is 0 Å². The molecule has 0 amide bonds. The molecule has 2 fully saturated rings. The highest BCUT2D eigenvalue weighted by atomic mass is 15.3. The molecular formula is C25H52N4. The van der Waals surface area contributed by atoms with E-state index >= 15 is 0 Å². The molecule has 4 nitrogen and oxygen atoms in total. The van der Waals surface area contributed by atoms with Crippen molar-refractivity contribution >= 4 is 0 Å². The van der Waals surface area contributed by atoms with Gasteiger partial charge in [-0.2, -0.15) is 0 Å². The Morgan fingerprint density at radius 2 is 1.00 bits per heavy atom. The molecule has 2 saturated heterocycles. The van der Waals surface area contributed by atoms with Crippen molar-refractivity contribution in [2.45, 2.75) is 84.0 Å². The molecule has 0 aromatic rings. The van der Waals surface area contributed by atoms with Gasteiger partial charge in [0.15, 0.2) is 0 Å². The van der Waals surface area contributed by atoms with Gasteiger partial charge in [-0.25, -0.2) is 0 Å². The molecule has 2 aliphatic rings. The molecule has 0 aromatic heterocycles. The van der Waals surface area contributed by atoms with Gasteiger partial charge in [-0.1, -0.05) is 64.7 Å². The normalized spacial score (nSPS) is 25.9. The van der Waals surface area contributed by atoms with E-state index in [0.717, 1.165) is 0 Å². The summed E-state index contributed by atoms with van der Waals surface area (Å²) in [7, 11) is 2.30. The monoisotopic (exact) mass is 408 g/mol. The predicted molar refractivity (Wildman–Crippen MR) is 128 cm³/mol. The van der Waals surface area contributed by atoms with Crippen molar-refractivity contribution in [3.8, 4) is 0 Å². The third kappa shape index (κ3) is 12.3. The van der Waals surface area contributed by atoms with Gasteiger partial charge >= 0.3 is 0 Å². The molecule has 0 aliphatic carbocycles. The van der Waals surface area contributed by atoms with Crippen LogP contribution in [0.15, 0.2) is 0 Å². The summed E-state index contributed by atoms with van der Waals surface area (Å²) in [6.45, 7) is 16.4. The van der Waals surface area contributed by atoms with Crippen LogP contribution in [-0.2, 0) is 0 Å². The lowest BCUT2D eigenvalue weighted by atomic mass is 10.1. The molecule has 2 atom stereocenters. The van der Waals surface area contributed by atoms with E-state index in [-0.39, 0.29) is 0 Å². The molecule has 2 aliphatic heterocycles. The van der Waals surface area contributed by atoms with Crippen LogP contribution >= 0.6 is 0 Å². The molecule has 2 heterocycles. The average Bonchev–Trinajstić information content (AvgIpc) is 2.73. The van der Waals surface area contributed by atoms with Crippen LogP contribution < -0.4 is 0 Å². The molecule has 0 aromatic carbocycles. The fraction of sp³-hybridized carbons (Fsp3) is 1.00. The van der Waals surface area contributed by atoms with E-state index in [9.17, 15) is 0 Å². The van der Waals surface area contributed by atoms with Crippen LogP contribution in [-0.4, -0.2) is 98.6 Å². The number of rotatable bonds is 11. The Balaban J connectivity index is 1.60. The minimum Gasteiger partial charge on any atom is -0.305 e. The Morgan fingerprint density at radius 3 is 1.66 bits per heavy atom. The van der Waals surface area contributed by atoms with Crippen LogP contribution in [0.25, 0.3) is 0 Å². The van der Waals surface area contributed by atoms with E-state index in [4.69, 9.17) is 0 Å². The van der Waals surface area contributed by atoms with Gasteiger partial charge < -0.3 is 19.6 Å². The SMILES string of the molecule is CCCCCCCCCCCCN1CCCN2CCN(C)CCCN(CC1)CC2. The number of fused-ring (bicyclic) bond motifs is 3. The molecule has 2 rings (SSSR count).